The molecule has 176 valence electrons. The predicted octanol–water partition coefficient (Wildman–Crippen LogP) is 5.21. The van der Waals surface area contributed by atoms with E-state index in [-0.39, 0.29) is 18.2 Å². The highest BCUT2D eigenvalue weighted by molar-refractivity contribution is 7.80. The Morgan fingerprint density at radius 3 is 2.53 bits per heavy atom. The fraction of sp³-hybridized carbons (Fsp3) is 0.240. The third-order valence-electron chi connectivity index (χ3n) is 5.30. The van der Waals surface area contributed by atoms with Crippen molar-refractivity contribution in [1.29, 1.82) is 0 Å². The van der Waals surface area contributed by atoms with Crippen LogP contribution in [0.4, 0.5) is 15.8 Å². The molecule has 0 aliphatic carbocycles. The number of carbonyl (C=O) groups is 2. The van der Waals surface area contributed by atoms with Crippen LogP contribution in [0.3, 0.4) is 0 Å². The minimum Gasteiger partial charge on any atom is -0.494 e. The number of halogens is 1. The van der Waals surface area contributed by atoms with E-state index in [0.29, 0.717) is 29.6 Å². The van der Waals surface area contributed by atoms with Crippen LogP contribution in [0.2, 0.25) is 0 Å². The molecule has 1 atom stereocenters. The number of benzene rings is 2. The number of ether oxygens (including phenoxy) is 1. The van der Waals surface area contributed by atoms with Gasteiger partial charge in [-0.1, -0.05) is 13.0 Å². The van der Waals surface area contributed by atoms with E-state index in [0.717, 1.165) is 17.0 Å². The van der Waals surface area contributed by atoms with Crippen LogP contribution in [0.15, 0.2) is 66.0 Å². The van der Waals surface area contributed by atoms with Crippen LogP contribution >= 0.6 is 23.6 Å². The van der Waals surface area contributed by atoms with Crippen molar-refractivity contribution in [1.82, 2.24) is 4.90 Å². The molecule has 1 aromatic heterocycles. The van der Waals surface area contributed by atoms with Crippen LogP contribution in [0, 0.1) is 5.82 Å². The first kappa shape index (κ1) is 23.8. The van der Waals surface area contributed by atoms with Crippen LogP contribution in [-0.4, -0.2) is 34.5 Å². The molecule has 0 bridgehead atoms. The number of thiophene rings is 1. The quantitative estimate of drug-likeness (QED) is 0.412. The Kier molecular flexibility index (Phi) is 7.54. The lowest BCUT2D eigenvalue weighted by Crippen LogP contribution is -2.37. The van der Waals surface area contributed by atoms with E-state index in [9.17, 15) is 14.0 Å². The van der Waals surface area contributed by atoms with Gasteiger partial charge in [-0.05, 0) is 78.6 Å². The zero-order valence-corrected chi connectivity index (χ0v) is 20.2. The summed E-state index contributed by atoms with van der Waals surface area (Å²) in [6, 6.07) is 15.8. The molecule has 4 rings (SSSR count). The van der Waals surface area contributed by atoms with Crippen molar-refractivity contribution >= 4 is 51.9 Å². The maximum atomic E-state index is 13.4. The van der Waals surface area contributed by atoms with Crippen molar-refractivity contribution in [2.45, 2.75) is 32.4 Å². The molecule has 0 radical (unpaired) electrons. The number of rotatable bonds is 9. The summed E-state index contributed by atoms with van der Waals surface area (Å²) in [6.45, 7) is 3.06. The molecular weight excluding hydrogens is 473 g/mol. The van der Waals surface area contributed by atoms with Crippen molar-refractivity contribution in [3.8, 4) is 5.75 Å². The summed E-state index contributed by atoms with van der Waals surface area (Å²) in [4.78, 5) is 30.4. The molecule has 2 heterocycles. The van der Waals surface area contributed by atoms with Gasteiger partial charge in [0, 0.05) is 10.6 Å². The Morgan fingerprint density at radius 2 is 1.88 bits per heavy atom. The first-order chi connectivity index (χ1) is 16.5. The number of anilines is 2. The van der Waals surface area contributed by atoms with Crippen LogP contribution in [-0.2, 0) is 16.1 Å². The second-order valence-electron chi connectivity index (χ2n) is 7.78. The molecule has 1 fully saturated rings. The van der Waals surface area contributed by atoms with Gasteiger partial charge in [0.25, 0.3) is 5.91 Å². The second-order valence-corrected chi connectivity index (χ2v) is 9.18. The van der Waals surface area contributed by atoms with Gasteiger partial charge in [0.2, 0.25) is 5.91 Å². The smallest absolute Gasteiger partial charge is 0.256 e. The lowest BCUT2D eigenvalue weighted by molar-refractivity contribution is -0.124. The summed E-state index contributed by atoms with van der Waals surface area (Å²) >= 11 is 7.18. The minimum atomic E-state index is -0.771. The van der Waals surface area contributed by atoms with Gasteiger partial charge in [-0.25, -0.2) is 4.39 Å². The summed E-state index contributed by atoms with van der Waals surface area (Å²) in [5.74, 6) is -0.292. The molecule has 2 amide bonds. The molecule has 0 spiro atoms. The fourth-order valence-electron chi connectivity index (χ4n) is 3.65. The Bertz CT molecular complexity index is 1150. The van der Waals surface area contributed by atoms with Crippen molar-refractivity contribution in [3.63, 3.8) is 0 Å². The summed E-state index contributed by atoms with van der Waals surface area (Å²) in [6.07, 6.45) is 0.836. The van der Waals surface area contributed by atoms with E-state index >= 15 is 0 Å². The van der Waals surface area contributed by atoms with E-state index in [1.807, 2.05) is 24.4 Å². The molecule has 3 aromatic rings. The predicted molar refractivity (Wildman–Crippen MR) is 136 cm³/mol. The van der Waals surface area contributed by atoms with Gasteiger partial charge >= 0.3 is 0 Å². The Labute approximate surface area is 206 Å². The molecule has 1 aliphatic heterocycles. The average molecular weight is 498 g/mol. The molecule has 0 saturated carbocycles. The molecule has 6 nitrogen and oxygen atoms in total. The molecule has 1 saturated heterocycles. The number of hydrogen-bond donors (Lipinski definition) is 1. The molecule has 9 heteroatoms. The van der Waals surface area contributed by atoms with Crippen LogP contribution in [0.25, 0.3) is 0 Å². The number of carbonyl (C=O) groups excluding carboxylic acids is 2. The highest BCUT2D eigenvalue weighted by atomic mass is 32.1. The zero-order chi connectivity index (χ0) is 24.1. The van der Waals surface area contributed by atoms with Crippen LogP contribution in [0.5, 0.6) is 5.75 Å². The van der Waals surface area contributed by atoms with Crippen molar-refractivity contribution < 1.29 is 18.7 Å². The molecule has 34 heavy (non-hydrogen) atoms. The van der Waals surface area contributed by atoms with Gasteiger partial charge in [-0.2, -0.15) is 0 Å². The van der Waals surface area contributed by atoms with E-state index in [1.54, 1.807) is 40.5 Å². The van der Waals surface area contributed by atoms with Gasteiger partial charge in [0.1, 0.15) is 17.6 Å². The lowest BCUT2D eigenvalue weighted by atomic mass is 10.1. The SMILES string of the molecule is CCCOc1ccc(NC(=O)CC2C(=O)N(c3ccc(F)cc3)C(=S)N2Cc2cccs2)cc1. The van der Waals surface area contributed by atoms with Crippen molar-refractivity contribution in [2.24, 2.45) is 0 Å². The van der Waals surface area contributed by atoms with Crippen LogP contribution < -0.4 is 15.0 Å². The molecule has 1 unspecified atom stereocenters. The van der Waals surface area contributed by atoms with Gasteiger partial charge in [0.05, 0.1) is 25.3 Å². The molecule has 1 N–H and O–H groups in total. The maximum Gasteiger partial charge on any atom is 0.256 e. The first-order valence-electron chi connectivity index (χ1n) is 10.9. The van der Waals surface area contributed by atoms with Crippen molar-refractivity contribution in [2.75, 3.05) is 16.8 Å². The second kappa shape index (κ2) is 10.8. The monoisotopic (exact) mass is 497 g/mol. The molecular formula is C25H24FN3O3S2. The fourth-order valence-corrected chi connectivity index (χ4v) is 4.74. The third kappa shape index (κ3) is 5.43. The van der Waals surface area contributed by atoms with Gasteiger partial charge in [0.15, 0.2) is 5.11 Å². The minimum absolute atomic E-state index is 0.0733. The number of amides is 2. The first-order valence-corrected chi connectivity index (χ1v) is 12.2. The summed E-state index contributed by atoms with van der Waals surface area (Å²) in [5.41, 5.74) is 1.08. The number of nitrogens with zero attached hydrogens (tertiary/aromatic N) is 2. The van der Waals surface area contributed by atoms with Crippen LogP contribution in [0.1, 0.15) is 24.6 Å². The van der Waals surface area contributed by atoms with E-state index in [4.69, 9.17) is 17.0 Å². The topological polar surface area (TPSA) is 61.9 Å². The zero-order valence-electron chi connectivity index (χ0n) is 18.6. The summed E-state index contributed by atoms with van der Waals surface area (Å²) < 4.78 is 19.0. The average Bonchev–Trinajstić information content (AvgIpc) is 3.42. The Balaban J connectivity index is 1.51. The summed E-state index contributed by atoms with van der Waals surface area (Å²) in [5, 5.41) is 5.09. The van der Waals surface area contributed by atoms with E-state index < -0.39 is 11.9 Å². The maximum absolute atomic E-state index is 13.4. The number of thiocarbonyl (C=S) groups is 1. The largest absolute Gasteiger partial charge is 0.494 e. The molecule has 2 aromatic carbocycles. The third-order valence-corrected chi connectivity index (χ3v) is 6.58. The van der Waals surface area contributed by atoms with Gasteiger partial charge in [-0.3, -0.25) is 14.5 Å². The van der Waals surface area contributed by atoms with E-state index in [2.05, 4.69) is 5.32 Å². The Hall–Kier alpha value is -3.30. The standard InChI is InChI=1S/C25H24FN3O3S2/c1-2-13-32-20-11-7-18(8-12-20)27-23(30)15-22-24(31)29(19-9-5-17(26)6-10-19)25(33)28(22)16-21-4-3-14-34-21/h3-12,14,22H,2,13,15-16H2,1H3,(H,27,30). The molecule has 1 aliphatic rings. The van der Waals surface area contributed by atoms with E-state index in [1.165, 1.54) is 29.2 Å². The number of nitrogens with one attached hydrogen (secondary N) is 1. The highest BCUT2D eigenvalue weighted by Gasteiger charge is 2.44. The van der Waals surface area contributed by atoms with Gasteiger partial charge in [-0.15, -0.1) is 11.3 Å². The Morgan fingerprint density at radius 1 is 1.15 bits per heavy atom. The highest BCUT2D eigenvalue weighted by Crippen LogP contribution is 2.30. The number of hydrogen-bond acceptors (Lipinski definition) is 5. The van der Waals surface area contributed by atoms with Crippen molar-refractivity contribution in [3.05, 3.63) is 76.7 Å². The normalized spacial score (nSPS) is 15.6. The summed E-state index contributed by atoms with van der Waals surface area (Å²) in [7, 11) is 0. The van der Waals surface area contributed by atoms with Gasteiger partial charge < -0.3 is 15.0 Å². The lowest BCUT2D eigenvalue weighted by Gasteiger charge is -2.23.